The number of halogens is 1. The summed E-state index contributed by atoms with van der Waals surface area (Å²) in [7, 11) is 0. The highest BCUT2D eigenvalue weighted by atomic mass is 35.5. The molecule has 0 saturated carbocycles. The molecule has 2 aromatic rings. The lowest BCUT2D eigenvalue weighted by Gasteiger charge is -2.36. The molecule has 1 saturated heterocycles. The largest absolute Gasteiger partial charge is 0.469 e. The summed E-state index contributed by atoms with van der Waals surface area (Å²) >= 11 is 6.14. The van der Waals surface area contributed by atoms with Gasteiger partial charge in [-0.2, -0.15) is 0 Å². The molecule has 24 heavy (non-hydrogen) atoms. The van der Waals surface area contributed by atoms with Gasteiger partial charge in [0.25, 0.3) is 5.91 Å². The molecule has 3 rings (SSSR count). The van der Waals surface area contributed by atoms with Crippen LogP contribution in [0.25, 0.3) is 0 Å². The molecule has 5 nitrogen and oxygen atoms in total. The Morgan fingerprint density at radius 3 is 2.62 bits per heavy atom. The highest BCUT2D eigenvalue weighted by molar-refractivity contribution is 6.31. The Hall–Kier alpha value is -1.98. The topological polar surface area (TPSA) is 48.7 Å². The molecule has 1 fully saturated rings. The molecule has 1 aliphatic rings. The number of furan rings is 1. The molecule has 6 heteroatoms. The van der Waals surface area contributed by atoms with Crippen molar-refractivity contribution in [1.82, 2.24) is 4.90 Å². The zero-order valence-electron chi connectivity index (χ0n) is 14.0. The number of likely N-dealkylation sites (N-methyl/N-ethyl adjacent to an activating group) is 1. The molecule has 1 aromatic heterocycles. The van der Waals surface area contributed by atoms with Crippen molar-refractivity contribution < 1.29 is 9.21 Å². The molecular weight excluding hydrogens is 326 g/mol. The fourth-order valence-corrected chi connectivity index (χ4v) is 3.17. The van der Waals surface area contributed by atoms with Crippen LogP contribution in [0, 0.1) is 6.92 Å². The first-order chi connectivity index (χ1) is 11.6. The number of nitrogens with one attached hydrogen (secondary N) is 1. The normalized spacial score (nSPS) is 15.5. The Morgan fingerprint density at radius 1 is 1.25 bits per heavy atom. The van der Waals surface area contributed by atoms with Crippen molar-refractivity contribution in [3.8, 4) is 0 Å². The maximum Gasteiger partial charge on any atom is 0.259 e. The van der Waals surface area contributed by atoms with Gasteiger partial charge in [0.15, 0.2) is 0 Å². The van der Waals surface area contributed by atoms with Gasteiger partial charge in [0.2, 0.25) is 0 Å². The number of carbonyl (C=O) groups excluding carboxylic acids is 1. The van der Waals surface area contributed by atoms with Gasteiger partial charge >= 0.3 is 0 Å². The summed E-state index contributed by atoms with van der Waals surface area (Å²) < 4.78 is 5.21. The van der Waals surface area contributed by atoms with Crippen LogP contribution in [0.5, 0.6) is 0 Å². The SMILES string of the molecule is CCN1CCN(c2ccc(Cl)cc2NC(=O)c2ccoc2C)CC1. The number of benzene rings is 1. The molecule has 128 valence electrons. The van der Waals surface area contributed by atoms with Crippen LogP contribution in [0.4, 0.5) is 11.4 Å². The summed E-state index contributed by atoms with van der Waals surface area (Å²) in [6, 6.07) is 7.31. The molecule has 1 N–H and O–H groups in total. The van der Waals surface area contributed by atoms with Crippen molar-refractivity contribution in [3.63, 3.8) is 0 Å². The number of anilines is 2. The average Bonchev–Trinajstić information content (AvgIpc) is 3.01. The Bertz CT molecular complexity index is 721. The fourth-order valence-electron chi connectivity index (χ4n) is 3.00. The van der Waals surface area contributed by atoms with Gasteiger partial charge in [0.05, 0.1) is 23.2 Å². The van der Waals surface area contributed by atoms with E-state index < -0.39 is 0 Å². The van der Waals surface area contributed by atoms with Gasteiger partial charge in [0, 0.05) is 31.2 Å². The van der Waals surface area contributed by atoms with Crippen molar-refractivity contribution >= 4 is 28.9 Å². The Labute approximate surface area is 147 Å². The minimum Gasteiger partial charge on any atom is -0.469 e. The third-order valence-electron chi connectivity index (χ3n) is 4.47. The average molecular weight is 348 g/mol. The van der Waals surface area contributed by atoms with Gasteiger partial charge in [-0.1, -0.05) is 18.5 Å². The third-order valence-corrected chi connectivity index (χ3v) is 4.71. The van der Waals surface area contributed by atoms with Gasteiger partial charge in [-0.25, -0.2) is 0 Å². The number of hydrogen-bond acceptors (Lipinski definition) is 4. The molecule has 2 heterocycles. The molecule has 0 unspecified atom stereocenters. The summed E-state index contributed by atoms with van der Waals surface area (Å²) in [5.41, 5.74) is 2.28. The van der Waals surface area contributed by atoms with Crippen molar-refractivity contribution in [2.45, 2.75) is 13.8 Å². The summed E-state index contributed by atoms with van der Waals surface area (Å²) in [6.07, 6.45) is 1.52. The first kappa shape index (κ1) is 16.9. The lowest BCUT2D eigenvalue weighted by atomic mass is 10.2. The molecule has 0 radical (unpaired) electrons. The van der Waals surface area contributed by atoms with Crippen LogP contribution in [0.2, 0.25) is 5.02 Å². The van der Waals surface area contributed by atoms with Gasteiger partial charge in [-0.15, -0.1) is 0 Å². The standard InChI is InChI=1S/C18H22ClN3O2/c1-3-21-7-9-22(10-8-21)17-5-4-14(19)12-16(17)20-18(23)15-6-11-24-13(15)2/h4-6,11-12H,3,7-10H2,1-2H3,(H,20,23). The molecule has 1 aromatic carbocycles. The van der Waals surface area contributed by atoms with Crippen LogP contribution >= 0.6 is 11.6 Å². The third kappa shape index (κ3) is 3.57. The molecular formula is C18H22ClN3O2. The molecule has 1 amide bonds. The number of hydrogen-bond donors (Lipinski definition) is 1. The molecule has 0 spiro atoms. The highest BCUT2D eigenvalue weighted by Gasteiger charge is 2.20. The number of nitrogens with zero attached hydrogens (tertiary/aromatic N) is 2. The number of piperazine rings is 1. The van der Waals surface area contributed by atoms with E-state index in [1.54, 1.807) is 19.1 Å². The first-order valence-electron chi connectivity index (χ1n) is 8.20. The smallest absolute Gasteiger partial charge is 0.259 e. The number of carbonyl (C=O) groups is 1. The van der Waals surface area contributed by atoms with Crippen LogP contribution in [-0.2, 0) is 0 Å². The van der Waals surface area contributed by atoms with E-state index in [-0.39, 0.29) is 5.91 Å². The van der Waals surface area contributed by atoms with Crippen molar-refractivity contribution in [1.29, 1.82) is 0 Å². The maximum absolute atomic E-state index is 12.5. The van der Waals surface area contributed by atoms with Crippen molar-refractivity contribution in [2.24, 2.45) is 0 Å². The lowest BCUT2D eigenvalue weighted by Crippen LogP contribution is -2.46. The van der Waals surface area contributed by atoms with Crippen LogP contribution in [-0.4, -0.2) is 43.5 Å². The van der Waals surface area contributed by atoms with Crippen LogP contribution in [0.1, 0.15) is 23.0 Å². The number of rotatable bonds is 4. The Morgan fingerprint density at radius 2 is 2.00 bits per heavy atom. The van der Waals surface area contributed by atoms with E-state index in [1.165, 1.54) is 6.26 Å². The molecule has 0 aliphatic carbocycles. The van der Waals surface area contributed by atoms with E-state index in [0.717, 1.165) is 44.1 Å². The summed E-state index contributed by atoms with van der Waals surface area (Å²) in [4.78, 5) is 17.2. The van der Waals surface area contributed by atoms with E-state index in [9.17, 15) is 4.79 Å². The van der Waals surface area contributed by atoms with E-state index in [0.29, 0.717) is 16.3 Å². The summed E-state index contributed by atoms with van der Waals surface area (Å²) in [6.45, 7) is 8.93. The van der Waals surface area contributed by atoms with Crippen molar-refractivity contribution in [2.75, 3.05) is 42.9 Å². The monoisotopic (exact) mass is 347 g/mol. The van der Waals surface area contributed by atoms with Crippen LogP contribution in [0.3, 0.4) is 0 Å². The fraction of sp³-hybridized carbons (Fsp3) is 0.389. The molecule has 0 atom stereocenters. The predicted molar refractivity (Wildman–Crippen MR) is 97.2 cm³/mol. The van der Waals surface area contributed by atoms with E-state index in [4.69, 9.17) is 16.0 Å². The zero-order chi connectivity index (χ0) is 17.1. The van der Waals surface area contributed by atoms with Gasteiger partial charge < -0.3 is 19.5 Å². The quantitative estimate of drug-likeness (QED) is 0.917. The number of amides is 1. The van der Waals surface area contributed by atoms with Crippen molar-refractivity contribution in [3.05, 3.63) is 46.9 Å². The van der Waals surface area contributed by atoms with E-state index in [1.807, 2.05) is 12.1 Å². The second-order valence-corrected chi connectivity index (χ2v) is 6.36. The predicted octanol–water partition coefficient (Wildman–Crippen LogP) is 3.64. The highest BCUT2D eigenvalue weighted by Crippen LogP contribution is 2.30. The van der Waals surface area contributed by atoms with Gasteiger partial charge in [-0.3, -0.25) is 4.79 Å². The number of aryl methyl sites for hydroxylation is 1. The summed E-state index contributed by atoms with van der Waals surface area (Å²) in [5, 5.41) is 3.58. The van der Waals surface area contributed by atoms with Gasteiger partial charge in [-0.05, 0) is 37.7 Å². The van der Waals surface area contributed by atoms with Gasteiger partial charge in [0.1, 0.15) is 5.76 Å². The Kier molecular flexibility index (Phi) is 5.11. The van der Waals surface area contributed by atoms with Crippen LogP contribution in [0.15, 0.2) is 34.9 Å². The molecule has 1 aliphatic heterocycles. The van der Waals surface area contributed by atoms with E-state index >= 15 is 0 Å². The minimum absolute atomic E-state index is 0.183. The maximum atomic E-state index is 12.5. The zero-order valence-corrected chi connectivity index (χ0v) is 14.8. The Balaban J connectivity index is 1.81. The minimum atomic E-state index is -0.183. The first-order valence-corrected chi connectivity index (χ1v) is 8.58. The molecule has 0 bridgehead atoms. The van der Waals surface area contributed by atoms with E-state index in [2.05, 4.69) is 22.0 Å². The van der Waals surface area contributed by atoms with Crippen LogP contribution < -0.4 is 10.2 Å². The lowest BCUT2D eigenvalue weighted by molar-refractivity contribution is 0.102. The summed E-state index contributed by atoms with van der Waals surface area (Å²) in [5.74, 6) is 0.421. The second-order valence-electron chi connectivity index (χ2n) is 5.93. The second kappa shape index (κ2) is 7.28.